The number of halogens is 1. The molecular formula is C11H15FN4O. The van der Waals surface area contributed by atoms with E-state index in [1.165, 1.54) is 6.33 Å². The SMILES string of the molecule is COCCN(CCC#N)c1ncnc(C)c1F. The molecule has 0 fully saturated rings. The summed E-state index contributed by atoms with van der Waals surface area (Å²) in [4.78, 5) is 9.38. The molecule has 0 saturated heterocycles. The van der Waals surface area contributed by atoms with Gasteiger partial charge in [0, 0.05) is 20.2 Å². The van der Waals surface area contributed by atoms with Crippen LogP contribution in [0.3, 0.4) is 0 Å². The van der Waals surface area contributed by atoms with Gasteiger partial charge in [-0.25, -0.2) is 14.4 Å². The van der Waals surface area contributed by atoms with Crippen LogP contribution in [0.15, 0.2) is 6.33 Å². The molecule has 0 amide bonds. The van der Waals surface area contributed by atoms with Gasteiger partial charge in [-0.2, -0.15) is 5.26 Å². The van der Waals surface area contributed by atoms with Crippen molar-refractivity contribution in [1.29, 1.82) is 5.26 Å². The van der Waals surface area contributed by atoms with E-state index in [4.69, 9.17) is 10.00 Å². The summed E-state index contributed by atoms with van der Waals surface area (Å²) in [5.74, 6) is -0.216. The van der Waals surface area contributed by atoms with Gasteiger partial charge in [-0.1, -0.05) is 0 Å². The molecule has 0 aliphatic rings. The van der Waals surface area contributed by atoms with Crippen molar-refractivity contribution in [2.24, 2.45) is 0 Å². The largest absolute Gasteiger partial charge is 0.383 e. The zero-order valence-corrected chi connectivity index (χ0v) is 9.98. The van der Waals surface area contributed by atoms with Crippen molar-refractivity contribution in [2.75, 3.05) is 31.7 Å². The standard InChI is InChI=1S/C11H15FN4O/c1-9-10(12)11(15-8-14-9)16(5-3-4-13)6-7-17-2/h8H,3,5-7H2,1-2H3. The van der Waals surface area contributed by atoms with Gasteiger partial charge in [0.05, 0.1) is 24.8 Å². The third-order valence-corrected chi connectivity index (χ3v) is 2.30. The lowest BCUT2D eigenvalue weighted by atomic mass is 10.3. The molecule has 0 atom stereocenters. The Kier molecular flexibility index (Phi) is 5.30. The van der Waals surface area contributed by atoms with Crippen LogP contribution in [0.25, 0.3) is 0 Å². The van der Waals surface area contributed by atoms with Crippen LogP contribution < -0.4 is 4.90 Å². The van der Waals surface area contributed by atoms with Crippen LogP contribution >= 0.6 is 0 Å². The zero-order valence-electron chi connectivity index (χ0n) is 9.98. The second kappa shape index (κ2) is 6.76. The molecule has 5 nitrogen and oxygen atoms in total. The van der Waals surface area contributed by atoms with E-state index in [2.05, 4.69) is 9.97 Å². The van der Waals surface area contributed by atoms with Crippen molar-refractivity contribution < 1.29 is 9.13 Å². The average Bonchev–Trinajstić information content (AvgIpc) is 2.34. The van der Waals surface area contributed by atoms with Gasteiger partial charge >= 0.3 is 0 Å². The molecule has 0 aliphatic heterocycles. The summed E-state index contributed by atoms with van der Waals surface area (Å²) in [5.41, 5.74) is 0.300. The van der Waals surface area contributed by atoms with Crippen LogP contribution in [-0.4, -0.2) is 36.8 Å². The Labute approximate surface area is 99.9 Å². The lowest BCUT2D eigenvalue weighted by Crippen LogP contribution is -2.30. The predicted octanol–water partition coefficient (Wildman–Crippen LogP) is 1.29. The van der Waals surface area contributed by atoms with Crippen LogP contribution in [0.4, 0.5) is 10.2 Å². The van der Waals surface area contributed by atoms with Crippen molar-refractivity contribution in [2.45, 2.75) is 13.3 Å². The number of aryl methyl sites for hydroxylation is 1. The first-order valence-electron chi connectivity index (χ1n) is 5.28. The van der Waals surface area contributed by atoms with Gasteiger partial charge in [0.1, 0.15) is 6.33 Å². The molecule has 1 heterocycles. The molecule has 1 aromatic rings. The van der Waals surface area contributed by atoms with Gasteiger partial charge in [-0.05, 0) is 6.92 Å². The summed E-state index contributed by atoms with van der Waals surface area (Å²) in [5, 5.41) is 8.58. The zero-order chi connectivity index (χ0) is 12.7. The maximum atomic E-state index is 13.8. The lowest BCUT2D eigenvalue weighted by Gasteiger charge is -2.22. The Bertz CT molecular complexity index is 405. The molecule has 17 heavy (non-hydrogen) atoms. The molecule has 1 aromatic heterocycles. The molecule has 1 rings (SSSR count). The fourth-order valence-electron chi connectivity index (χ4n) is 1.38. The first-order valence-corrected chi connectivity index (χ1v) is 5.28. The van der Waals surface area contributed by atoms with Crippen molar-refractivity contribution in [1.82, 2.24) is 9.97 Å². The molecule has 0 spiro atoms. The van der Waals surface area contributed by atoms with E-state index >= 15 is 0 Å². The molecule has 0 bridgehead atoms. The molecule has 0 N–H and O–H groups in total. The number of aromatic nitrogens is 2. The summed E-state index contributed by atoms with van der Waals surface area (Å²) >= 11 is 0. The maximum absolute atomic E-state index is 13.8. The smallest absolute Gasteiger partial charge is 0.186 e. The first-order chi connectivity index (χ1) is 8.20. The predicted molar refractivity (Wildman–Crippen MR) is 61.0 cm³/mol. The Morgan fingerprint density at radius 1 is 1.47 bits per heavy atom. The first kappa shape index (κ1) is 13.3. The number of hydrogen-bond donors (Lipinski definition) is 0. The summed E-state index contributed by atoms with van der Waals surface area (Å²) in [7, 11) is 1.57. The summed E-state index contributed by atoms with van der Waals surface area (Å²) in [6, 6.07) is 2.03. The van der Waals surface area contributed by atoms with E-state index in [0.717, 1.165) is 0 Å². The van der Waals surface area contributed by atoms with Crippen LogP contribution in [0.2, 0.25) is 0 Å². The molecule has 0 aromatic carbocycles. The van der Waals surface area contributed by atoms with E-state index in [1.54, 1.807) is 18.9 Å². The van der Waals surface area contributed by atoms with Crippen LogP contribution in [0.5, 0.6) is 0 Å². The molecule has 0 unspecified atom stereocenters. The van der Waals surface area contributed by atoms with E-state index in [0.29, 0.717) is 31.8 Å². The highest BCUT2D eigenvalue weighted by atomic mass is 19.1. The molecular weight excluding hydrogens is 223 g/mol. The summed E-state index contributed by atoms with van der Waals surface area (Å²) in [6.45, 7) is 2.95. The number of ether oxygens (including phenoxy) is 1. The molecule has 92 valence electrons. The minimum atomic E-state index is -0.443. The number of nitrogens with zero attached hydrogens (tertiary/aromatic N) is 4. The fraction of sp³-hybridized carbons (Fsp3) is 0.545. The minimum Gasteiger partial charge on any atom is -0.383 e. The third-order valence-electron chi connectivity index (χ3n) is 2.30. The Morgan fingerprint density at radius 3 is 2.88 bits per heavy atom. The number of rotatable bonds is 6. The topological polar surface area (TPSA) is 62.0 Å². The Balaban J connectivity index is 2.87. The number of nitriles is 1. The fourth-order valence-corrected chi connectivity index (χ4v) is 1.38. The number of methoxy groups -OCH3 is 1. The number of hydrogen-bond acceptors (Lipinski definition) is 5. The number of anilines is 1. The van der Waals surface area contributed by atoms with Crippen molar-refractivity contribution in [3.63, 3.8) is 0 Å². The Morgan fingerprint density at radius 2 is 2.24 bits per heavy atom. The van der Waals surface area contributed by atoms with Gasteiger partial charge < -0.3 is 9.64 Å². The van der Waals surface area contributed by atoms with Crippen LogP contribution in [-0.2, 0) is 4.74 Å². The van der Waals surface area contributed by atoms with E-state index in [-0.39, 0.29) is 5.82 Å². The maximum Gasteiger partial charge on any atom is 0.186 e. The van der Waals surface area contributed by atoms with Gasteiger partial charge in [0.2, 0.25) is 0 Å². The van der Waals surface area contributed by atoms with Crippen molar-refractivity contribution >= 4 is 5.82 Å². The van der Waals surface area contributed by atoms with Gasteiger partial charge in [0.15, 0.2) is 11.6 Å². The highest BCUT2D eigenvalue weighted by molar-refractivity contribution is 5.40. The highest BCUT2D eigenvalue weighted by Crippen LogP contribution is 2.17. The second-order valence-corrected chi connectivity index (χ2v) is 3.48. The van der Waals surface area contributed by atoms with Gasteiger partial charge in [-0.3, -0.25) is 0 Å². The minimum absolute atomic E-state index is 0.227. The normalized spacial score (nSPS) is 10.0. The van der Waals surface area contributed by atoms with E-state index < -0.39 is 5.82 Å². The quantitative estimate of drug-likeness (QED) is 0.747. The van der Waals surface area contributed by atoms with Crippen molar-refractivity contribution in [3.05, 3.63) is 17.8 Å². The van der Waals surface area contributed by atoms with E-state index in [1.807, 2.05) is 6.07 Å². The van der Waals surface area contributed by atoms with Crippen molar-refractivity contribution in [3.8, 4) is 6.07 Å². The van der Waals surface area contributed by atoms with Gasteiger partial charge in [0.25, 0.3) is 0 Å². The summed E-state index contributed by atoms with van der Waals surface area (Å²) in [6.07, 6.45) is 1.63. The van der Waals surface area contributed by atoms with Crippen LogP contribution in [0.1, 0.15) is 12.1 Å². The summed E-state index contributed by atoms with van der Waals surface area (Å²) < 4.78 is 18.8. The monoisotopic (exact) mass is 238 g/mol. The molecule has 0 saturated carbocycles. The Hall–Kier alpha value is -1.74. The molecule has 0 radical (unpaired) electrons. The molecule has 6 heteroatoms. The third kappa shape index (κ3) is 3.64. The molecule has 0 aliphatic carbocycles. The second-order valence-electron chi connectivity index (χ2n) is 3.48. The highest BCUT2D eigenvalue weighted by Gasteiger charge is 2.14. The average molecular weight is 238 g/mol. The lowest BCUT2D eigenvalue weighted by molar-refractivity contribution is 0.205. The van der Waals surface area contributed by atoms with Crippen LogP contribution in [0, 0.1) is 24.1 Å². The van der Waals surface area contributed by atoms with E-state index in [9.17, 15) is 4.39 Å². The van der Waals surface area contributed by atoms with Gasteiger partial charge in [-0.15, -0.1) is 0 Å².